The molecule has 52 heavy (non-hydrogen) atoms. The molecular weight excluding hydrogens is 633 g/mol. The number of allylic oxidation sites excluding steroid dienone is 2. The molecule has 246 valence electrons. The quantitative estimate of drug-likeness (QED) is 0.180. The standard InChI is InChI=1S/C48H34N4/c1-2-3-24-42-44-32-39-28-27-37(50-39)29-36-25-26-38(49-36)30-40-31-43(33-16-8-4-9-17-33)47(51-40)46(35-20-12-6-13-21-35)48(45(42)34-18-10-5-11-19-34)52(44)41-22-14-7-15-23-41/h2-32,49H,1H2. The number of fused-ring (bicyclic) bond motifs is 8. The summed E-state index contributed by atoms with van der Waals surface area (Å²) in [5.41, 5.74) is 16.0. The summed E-state index contributed by atoms with van der Waals surface area (Å²) in [5, 5.41) is 0. The topological polar surface area (TPSA) is 46.5 Å². The van der Waals surface area contributed by atoms with E-state index in [4.69, 9.17) is 9.97 Å². The van der Waals surface area contributed by atoms with Crippen molar-refractivity contribution < 1.29 is 0 Å². The zero-order valence-electron chi connectivity index (χ0n) is 28.4. The van der Waals surface area contributed by atoms with Crippen molar-refractivity contribution in [1.29, 1.82) is 0 Å². The van der Waals surface area contributed by atoms with Crippen LogP contribution in [0, 0.1) is 0 Å². The van der Waals surface area contributed by atoms with Gasteiger partial charge in [-0.05, 0) is 77.4 Å². The van der Waals surface area contributed by atoms with Gasteiger partial charge in [-0.25, -0.2) is 9.97 Å². The lowest BCUT2D eigenvalue weighted by atomic mass is 9.92. The van der Waals surface area contributed by atoms with Crippen LogP contribution in [0.4, 0.5) is 0 Å². The zero-order valence-corrected chi connectivity index (χ0v) is 28.4. The fraction of sp³-hybridized carbons (Fsp3) is 0. The van der Waals surface area contributed by atoms with Crippen molar-refractivity contribution in [2.24, 2.45) is 0 Å². The summed E-state index contributed by atoms with van der Waals surface area (Å²) >= 11 is 0. The van der Waals surface area contributed by atoms with Crippen LogP contribution in [0.25, 0.3) is 79.9 Å². The Labute approximate surface area is 302 Å². The number of para-hydroxylation sites is 1. The first-order valence-electron chi connectivity index (χ1n) is 17.5. The molecule has 1 N–H and O–H groups in total. The van der Waals surface area contributed by atoms with Crippen LogP contribution in [0.3, 0.4) is 0 Å². The van der Waals surface area contributed by atoms with Crippen molar-refractivity contribution in [3.63, 3.8) is 0 Å². The third-order valence-corrected chi connectivity index (χ3v) is 9.44. The van der Waals surface area contributed by atoms with Crippen molar-refractivity contribution in [3.05, 3.63) is 204 Å². The molecule has 2 aliphatic heterocycles. The molecule has 0 radical (unpaired) electrons. The summed E-state index contributed by atoms with van der Waals surface area (Å²) in [6, 6.07) is 53.1. The molecule has 3 aromatic heterocycles. The maximum absolute atomic E-state index is 5.52. The van der Waals surface area contributed by atoms with E-state index in [0.29, 0.717) is 0 Å². The van der Waals surface area contributed by atoms with Gasteiger partial charge in [0.2, 0.25) is 0 Å². The molecular formula is C48H34N4. The third-order valence-electron chi connectivity index (χ3n) is 9.44. The zero-order chi connectivity index (χ0) is 34.9. The Balaban J connectivity index is 1.61. The van der Waals surface area contributed by atoms with Gasteiger partial charge in [-0.2, -0.15) is 0 Å². The number of aromatic amines is 1. The maximum Gasteiger partial charge on any atom is 0.0815 e. The predicted molar refractivity (Wildman–Crippen MR) is 218 cm³/mol. The van der Waals surface area contributed by atoms with Crippen LogP contribution in [0.2, 0.25) is 0 Å². The van der Waals surface area contributed by atoms with Crippen LogP contribution in [-0.4, -0.2) is 19.5 Å². The maximum atomic E-state index is 5.52. The minimum absolute atomic E-state index is 0.866. The first-order chi connectivity index (χ1) is 25.7. The summed E-state index contributed by atoms with van der Waals surface area (Å²) in [6.45, 7) is 4.06. The van der Waals surface area contributed by atoms with Gasteiger partial charge in [-0.1, -0.05) is 134 Å². The molecule has 7 aromatic rings. The van der Waals surface area contributed by atoms with Crippen LogP contribution >= 0.6 is 0 Å². The lowest BCUT2D eigenvalue weighted by Gasteiger charge is -2.15. The predicted octanol–water partition coefficient (Wildman–Crippen LogP) is 12.1. The highest BCUT2D eigenvalue weighted by Crippen LogP contribution is 2.45. The van der Waals surface area contributed by atoms with Gasteiger partial charge in [-0.3, -0.25) is 0 Å². The lowest BCUT2D eigenvalue weighted by molar-refractivity contribution is 1.17. The number of H-pyrrole nitrogens is 1. The van der Waals surface area contributed by atoms with Gasteiger partial charge >= 0.3 is 0 Å². The smallest absolute Gasteiger partial charge is 0.0815 e. The van der Waals surface area contributed by atoms with E-state index >= 15 is 0 Å². The van der Waals surface area contributed by atoms with Gasteiger partial charge in [0.15, 0.2) is 0 Å². The van der Waals surface area contributed by atoms with Crippen molar-refractivity contribution in [2.45, 2.75) is 0 Å². The van der Waals surface area contributed by atoms with Gasteiger partial charge in [0.1, 0.15) is 0 Å². The molecule has 2 aliphatic rings. The van der Waals surface area contributed by atoms with E-state index in [1.54, 1.807) is 0 Å². The first kappa shape index (κ1) is 31.0. The van der Waals surface area contributed by atoms with Gasteiger partial charge < -0.3 is 9.55 Å². The molecule has 8 bridgehead atoms. The van der Waals surface area contributed by atoms with Gasteiger partial charge in [-0.15, -0.1) is 0 Å². The van der Waals surface area contributed by atoms with E-state index in [1.165, 1.54) is 0 Å². The number of nitrogens with one attached hydrogen (secondary N) is 1. The monoisotopic (exact) mass is 666 g/mol. The molecule has 9 rings (SSSR count). The molecule has 0 saturated heterocycles. The minimum Gasteiger partial charge on any atom is -0.355 e. The van der Waals surface area contributed by atoms with E-state index in [0.717, 1.165) is 89.5 Å². The number of rotatable bonds is 6. The Kier molecular flexibility index (Phi) is 7.95. The molecule has 0 saturated carbocycles. The second-order valence-corrected chi connectivity index (χ2v) is 12.8. The van der Waals surface area contributed by atoms with Crippen LogP contribution in [0.1, 0.15) is 33.9 Å². The number of benzene rings is 4. The number of nitrogens with zero attached hydrogens (tertiary/aromatic N) is 3. The molecule has 0 atom stereocenters. The average molecular weight is 667 g/mol. The Hall–Kier alpha value is -7.04. The largest absolute Gasteiger partial charge is 0.355 e. The molecule has 0 aliphatic carbocycles. The summed E-state index contributed by atoms with van der Waals surface area (Å²) in [5.74, 6) is 0. The van der Waals surface area contributed by atoms with Crippen LogP contribution in [0.15, 0.2) is 170 Å². The van der Waals surface area contributed by atoms with Crippen molar-refractivity contribution in [1.82, 2.24) is 19.5 Å². The van der Waals surface area contributed by atoms with E-state index in [9.17, 15) is 0 Å². The fourth-order valence-electron chi connectivity index (χ4n) is 7.21. The number of hydrogen-bond donors (Lipinski definition) is 1. The molecule has 4 heteroatoms. The Morgan fingerprint density at radius 3 is 1.75 bits per heavy atom. The van der Waals surface area contributed by atoms with E-state index < -0.39 is 0 Å². The Bertz CT molecular complexity index is 2710. The van der Waals surface area contributed by atoms with Gasteiger partial charge in [0.05, 0.1) is 33.8 Å². The molecule has 0 unspecified atom stereocenters. The number of aromatic nitrogens is 4. The molecule has 4 nitrogen and oxygen atoms in total. The van der Waals surface area contributed by atoms with E-state index in [2.05, 4.69) is 192 Å². The minimum atomic E-state index is 0.866. The molecule has 0 spiro atoms. The fourth-order valence-corrected chi connectivity index (χ4v) is 7.21. The molecule has 5 heterocycles. The lowest BCUT2D eigenvalue weighted by Crippen LogP contribution is -1.98. The average Bonchev–Trinajstić information content (AvgIpc) is 3.99. The van der Waals surface area contributed by atoms with Crippen LogP contribution in [-0.2, 0) is 0 Å². The highest BCUT2D eigenvalue weighted by atomic mass is 15.0. The Morgan fingerprint density at radius 2 is 1.12 bits per heavy atom. The number of hydrogen-bond acceptors (Lipinski definition) is 2. The van der Waals surface area contributed by atoms with E-state index in [-0.39, 0.29) is 0 Å². The summed E-state index contributed by atoms with van der Waals surface area (Å²) in [7, 11) is 0. The van der Waals surface area contributed by atoms with Crippen molar-refractivity contribution >= 4 is 51.9 Å². The summed E-state index contributed by atoms with van der Waals surface area (Å²) < 4.78 is 2.39. The van der Waals surface area contributed by atoms with Crippen LogP contribution in [0.5, 0.6) is 0 Å². The molecule has 0 fully saturated rings. The summed E-state index contributed by atoms with van der Waals surface area (Å²) in [6.07, 6.45) is 12.4. The van der Waals surface area contributed by atoms with Gasteiger partial charge in [0, 0.05) is 39.0 Å². The highest BCUT2D eigenvalue weighted by molar-refractivity contribution is 6.09. The normalized spacial score (nSPS) is 12.3. The second-order valence-electron chi connectivity index (χ2n) is 12.8. The third kappa shape index (κ3) is 5.72. The van der Waals surface area contributed by atoms with Crippen molar-refractivity contribution in [2.75, 3.05) is 0 Å². The molecule has 0 amide bonds. The highest BCUT2D eigenvalue weighted by Gasteiger charge is 2.26. The Morgan fingerprint density at radius 1 is 0.558 bits per heavy atom. The first-order valence-corrected chi connectivity index (χ1v) is 17.5. The van der Waals surface area contributed by atoms with E-state index in [1.807, 2.05) is 12.2 Å². The van der Waals surface area contributed by atoms with Crippen molar-refractivity contribution in [3.8, 4) is 27.9 Å². The SMILES string of the molecule is C=CC=Cc1c(-c2ccccc2)c2c(-c3ccccc3)c3nc(cc4ccc(cc5nc(cc1n2-c1ccccc1)C=C5)[nH]4)C=C3c1ccccc1. The second kappa shape index (κ2) is 13.3. The van der Waals surface area contributed by atoms with Gasteiger partial charge in [0.25, 0.3) is 0 Å². The summed E-state index contributed by atoms with van der Waals surface area (Å²) in [4.78, 5) is 14.2. The molecule has 4 aromatic carbocycles. The van der Waals surface area contributed by atoms with Crippen LogP contribution < -0.4 is 0 Å².